The van der Waals surface area contributed by atoms with Crippen LogP contribution in [0.3, 0.4) is 0 Å². The number of aldehydes is 1. The number of aryl methyl sites for hydroxylation is 1. The van der Waals surface area contributed by atoms with Crippen molar-refractivity contribution in [3.05, 3.63) is 34.6 Å². The molecule has 0 radical (unpaired) electrons. The Morgan fingerprint density at radius 3 is 2.44 bits per heavy atom. The van der Waals surface area contributed by atoms with Crippen LogP contribution in [0.25, 0.3) is 11.4 Å². The molecule has 16 heavy (non-hydrogen) atoms. The number of H-pyrrole nitrogens is 2. The highest BCUT2D eigenvalue weighted by Crippen LogP contribution is 2.25. The maximum Gasteiger partial charge on any atom is 0.166 e. The Kier molecular flexibility index (Phi) is 2.69. The molecule has 0 aliphatic heterocycles. The summed E-state index contributed by atoms with van der Waals surface area (Å²) in [5.41, 5.74) is 6.09. The van der Waals surface area contributed by atoms with E-state index in [1.54, 1.807) is 0 Å². The summed E-state index contributed by atoms with van der Waals surface area (Å²) in [5.74, 6) is 0. The topological polar surface area (TPSA) is 48.6 Å². The van der Waals surface area contributed by atoms with Crippen molar-refractivity contribution in [3.63, 3.8) is 0 Å². The normalized spacial score (nSPS) is 10.7. The summed E-state index contributed by atoms with van der Waals surface area (Å²) < 4.78 is 0. The standard InChI is InChI=1S/C13H16N2O/c1-4-10-5-6-11(14-10)13-9(3)8(2)12(7-16)15-13/h5-7,14-15H,4H2,1-3H3. The van der Waals surface area contributed by atoms with Crippen LogP contribution in [-0.4, -0.2) is 16.3 Å². The minimum atomic E-state index is 0.667. The number of aromatic nitrogens is 2. The van der Waals surface area contributed by atoms with E-state index >= 15 is 0 Å². The molecule has 0 fully saturated rings. The van der Waals surface area contributed by atoms with E-state index in [2.05, 4.69) is 23.0 Å². The van der Waals surface area contributed by atoms with Gasteiger partial charge in [0.1, 0.15) is 0 Å². The molecule has 0 spiro atoms. The number of aromatic amines is 2. The molecule has 0 amide bonds. The van der Waals surface area contributed by atoms with Gasteiger partial charge in [-0.2, -0.15) is 0 Å². The molecule has 0 aliphatic carbocycles. The van der Waals surface area contributed by atoms with Gasteiger partial charge in [0.2, 0.25) is 0 Å². The van der Waals surface area contributed by atoms with Gasteiger partial charge in [0.25, 0.3) is 0 Å². The molecule has 2 aromatic heterocycles. The number of hydrogen-bond donors (Lipinski definition) is 2. The summed E-state index contributed by atoms with van der Waals surface area (Å²) in [6.45, 7) is 6.10. The van der Waals surface area contributed by atoms with E-state index in [1.165, 1.54) is 5.69 Å². The molecule has 0 saturated carbocycles. The average molecular weight is 216 g/mol. The van der Waals surface area contributed by atoms with Crippen LogP contribution in [0.1, 0.15) is 34.2 Å². The fourth-order valence-corrected chi connectivity index (χ4v) is 1.89. The van der Waals surface area contributed by atoms with E-state index in [1.807, 2.05) is 19.9 Å². The largest absolute Gasteiger partial charge is 0.357 e. The Balaban J connectivity index is 2.51. The molecule has 2 aromatic rings. The fraction of sp³-hybridized carbons (Fsp3) is 0.308. The highest BCUT2D eigenvalue weighted by Gasteiger charge is 2.12. The minimum absolute atomic E-state index is 0.667. The Morgan fingerprint density at radius 1 is 1.19 bits per heavy atom. The maximum absolute atomic E-state index is 10.8. The molecule has 0 saturated heterocycles. The number of nitrogens with one attached hydrogen (secondary N) is 2. The average Bonchev–Trinajstić information content (AvgIpc) is 2.86. The molecule has 3 heteroatoms. The van der Waals surface area contributed by atoms with Gasteiger partial charge in [-0.25, -0.2) is 0 Å². The minimum Gasteiger partial charge on any atom is -0.357 e. The zero-order valence-electron chi connectivity index (χ0n) is 9.85. The van der Waals surface area contributed by atoms with Gasteiger partial charge < -0.3 is 9.97 Å². The van der Waals surface area contributed by atoms with Crippen LogP contribution in [-0.2, 0) is 6.42 Å². The Bertz CT molecular complexity index is 520. The van der Waals surface area contributed by atoms with Crippen molar-refractivity contribution >= 4 is 6.29 Å². The van der Waals surface area contributed by atoms with E-state index in [9.17, 15) is 4.79 Å². The van der Waals surface area contributed by atoms with Crippen molar-refractivity contribution < 1.29 is 4.79 Å². The second-order valence-corrected chi connectivity index (χ2v) is 4.03. The van der Waals surface area contributed by atoms with Crippen molar-refractivity contribution in [1.29, 1.82) is 0 Å². The molecular formula is C13H16N2O. The summed E-state index contributed by atoms with van der Waals surface area (Å²) in [4.78, 5) is 17.3. The molecule has 2 heterocycles. The second-order valence-electron chi connectivity index (χ2n) is 4.03. The van der Waals surface area contributed by atoms with Crippen LogP contribution in [0.2, 0.25) is 0 Å². The zero-order chi connectivity index (χ0) is 11.7. The first kappa shape index (κ1) is 10.7. The third-order valence-corrected chi connectivity index (χ3v) is 3.12. The van der Waals surface area contributed by atoms with Gasteiger partial charge in [0, 0.05) is 5.69 Å². The highest BCUT2D eigenvalue weighted by atomic mass is 16.1. The first-order valence-electron chi connectivity index (χ1n) is 5.50. The Hall–Kier alpha value is -1.77. The Morgan fingerprint density at radius 2 is 1.94 bits per heavy atom. The smallest absolute Gasteiger partial charge is 0.166 e. The summed E-state index contributed by atoms with van der Waals surface area (Å²) in [7, 11) is 0. The van der Waals surface area contributed by atoms with Gasteiger partial charge in [-0.1, -0.05) is 6.92 Å². The van der Waals surface area contributed by atoms with Crippen LogP contribution in [0.4, 0.5) is 0 Å². The predicted octanol–water partition coefficient (Wildman–Crippen LogP) is 3.00. The lowest BCUT2D eigenvalue weighted by Gasteiger charge is -1.97. The van der Waals surface area contributed by atoms with Crippen LogP contribution in [0, 0.1) is 13.8 Å². The quantitative estimate of drug-likeness (QED) is 0.761. The molecule has 84 valence electrons. The summed E-state index contributed by atoms with van der Waals surface area (Å²) in [5, 5.41) is 0. The molecule has 0 atom stereocenters. The Labute approximate surface area is 94.9 Å². The van der Waals surface area contributed by atoms with Crippen molar-refractivity contribution in [3.8, 4) is 11.4 Å². The summed E-state index contributed by atoms with van der Waals surface area (Å²) >= 11 is 0. The van der Waals surface area contributed by atoms with Crippen LogP contribution in [0.5, 0.6) is 0 Å². The molecule has 0 aliphatic rings. The van der Waals surface area contributed by atoms with Crippen molar-refractivity contribution in [2.45, 2.75) is 27.2 Å². The first-order chi connectivity index (χ1) is 7.67. The number of carbonyl (C=O) groups excluding carboxylic acids is 1. The highest BCUT2D eigenvalue weighted by molar-refractivity contribution is 5.79. The predicted molar refractivity (Wildman–Crippen MR) is 64.8 cm³/mol. The molecular weight excluding hydrogens is 200 g/mol. The lowest BCUT2D eigenvalue weighted by Crippen LogP contribution is -1.84. The number of hydrogen-bond acceptors (Lipinski definition) is 1. The van der Waals surface area contributed by atoms with E-state index in [0.717, 1.165) is 35.2 Å². The van der Waals surface area contributed by atoms with Crippen molar-refractivity contribution in [2.24, 2.45) is 0 Å². The number of carbonyl (C=O) groups is 1. The van der Waals surface area contributed by atoms with Crippen molar-refractivity contribution in [1.82, 2.24) is 9.97 Å². The fourth-order valence-electron chi connectivity index (χ4n) is 1.89. The van der Waals surface area contributed by atoms with Gasteiger partial charge in [-0.3, -0.25) is 4.79 Å². The maximum atomic E-state index is 10.8. The molecule has 3 nitrogen and oxygen atoms in total. The van der Waals surface area contributed by atoms with E-state index in [-0.39, 0.29) is 0 Å². The van der Waals surface area contributed by atoms with Crippen molar-refractivity contribution in [2.75, 3.05) is 0 Å². The van der Waals surface area contributed by atoms with Gasteiger partial charge in [0.05, 0.1) is 17.1 Å². The monoisotopic (exact) mass is 216 g/mol. The van der Waals surface area contributed by atoms with E-state index < -0.39 is 0 Å². The number of rotatable bonds is 3. The zero-order valence-corrected chi connectivity index (χ0v) is 9.85. The molecule has 2 rings (SSSR count). The summed E-state index contributed by atoms with van der Waals surface area (Å²) in [6.07, 6.45) is 1.86. The van der Waals surface area contributed by atoms with E-state index in [0.29, 0.717) is 5.69 Å². The van der Waals surface area contributed by atoms with Crippen LogP contribution >= 0.6 is 0 Å². The molecule has 2 N–H and O–H groups in total. The molecule has 0 unspecified atom stereocenters. The lowest BCUT2D eigenvalue weighted by molar-refractivity contribution is 0.111. The van der Waals surface area contributed by atoms with Gasteiger partial charge >= 0.3 is 0 Å². The van der Waals surface area contributed by atoms with Crippen LogP contribution < -0.4 is 0 Å². The van der Waals surface area contributed by atoms with Gasteiger partial charge in [-0.15, -0.1) is 0 Å². The molecule has 0 aromatic carbocycles. The lowest BCUT2D eigenvalue weighted by atomic mass is 10.1. The SMILES string of the molecule is CCc1ccc(-c2[nH]c(C=O)c(C)c2C)[nH]1. The second kappa shape index (κ2) is 4.00. The third-order valence-electron chi connectivity index (χ3n) is 3.12. The third kappa shape index (κ3) is 1.58. The van der Waals surface area contributed by atoms with Crippen LogP contribution in [0.15, 0.2) is 12.1 Å². The molecule has 0 bridgehead atoms. The summed E-state index contributed by atoms with van der Waals surface area (Å²) in [6, 6.07) is 4.12. The van der Waals surface area contributed by atoms with Gasteiger partial charge in [0.15, 0.2) is 6.29 Å². The van der Waals surface area contributed by atoms with E-state index in [4.69, 9.17) is 0 Å². The van der Waals surface area contributed by atoms with Gasteiger partial charge in [-0.05, 0) is 43.5 Å². The first-order valence-corrected chi connectivity index (χ1v) is 5.50.